The maximum Gasteiger partial charge on any atom is 0.250 e. The van der Waals surface area contributed by atoms with Crippen molar-refractivity contribution >= 4 is 40.3 Å². The van der Waals surface area contributed by atoms with E-state index in [-0.39, 0.29) is 21.4 Å². The molecule has 0 spiro atoms. The van der Waals surface area contributed by atoms with Crippen molar-refractivity contribution in [1.82, 2.24) is 0 Å². The molecule has 0 N–H and O–H groups in total. The molecule has 2 rings (SSSR count). The lowest BCUT2D eigenvalue weighted by Crippen LogP contribution is -2.45. The third-order valence-corrected chi connectivity index (χ3v) is 19.9. The van der Waals surface area contributed by atoms with E-state index >= 15 is 0 Å². The highest BCUT2D eigenvalue weighted by Gasteiger charge is 2.44. The number of carbonyl (C=O) groups is 2. The van der Waals surface area contributed by atoms with Crippen LogP contribution in [0.15, 0.2) is 23.8 Å². The lowest BCUT2D eigenvalue weighted by Gasteiger charge is -2.42. The Morgan fingerprint density at radius 3 is 1.98 bits per heavy atom. The molecule has 3 atom stereocenters. The fourth-order valence-corrected chi connectivity index (χ4v) is 7.24. The average Bonchev–Trinajstić information content (AvgIpc) is 2.85. The minimum Gasteiger partial charge on any atom is -0.543 e. The Kier molecular flexibility index (Phi) is 11.1. The molecule has 4 nitrogen and oxygen atoms in total. The third kappa shape index (κ3) is 7.53. The Balaban J connectivity index is 2.75. The number of ketones is 1. The van der Waals surface area contributed by atoms with E-state index in [1.165, 1.54) is 0 Å². The van der Waals surface area contributed by atoms with E-state index in [0.29, 0.717) is 52.2 Å². The SMILES string of the molecule is CC(/C=C/C1(C)C(C)CCC(=O)C1C)=C\Cc1c(O[Si](C)(C)C(C)(C)C)c(Cl)c(C)c(C=O)c1O[Si](C)(C)C(C)(C)C. The predicted molar refractivity (Wildman–Crippen MR) is 185 cm³/mol. The minimum absolute atomic E-state index is 0.00876. The molecule has 1 aromatic rings. The van der Waals surface area contributed by atoms with Gasteiger partial charge in [-0.25, -0.2) is 0 Å². The van der Waals surface area contributed by atoms with Gasteiger partial charge < -0.3 is 8.85 Å². The van der Waals surface area contributed by atoms with Gasteiger partial charge in [0.05, 0.1) is 10.6 Å². The molecule has 1 aliphatic carbocycles. The van der Waals surface area contributed by atoms with Gasteiger partial charge in [-0.15, -0.1) is 0 Å². The van der Waals surface area contributed by atoms with Gasteiger partial charge in [0.25, 0.3) is 16.6 Å². The molecule has 0 aliphatic heterocycles. The molecule has 7 heteroatoms. The lowest BCUT2D eigenvalue weighted by atomic mass is 9.61. The van der Waals surface area contributed by atoms with Crippen molar-refractivity contribution < 1.29 is 18.4 Å². The summed E-state index contributed by atoms with van der Waals surface area (Å²) in [6, 6.07) is 0. The summed E-state index contributed by atoms with van der Waals surface area (Å²) in [5.41, 5.74) is 2.91. The average molecular weight is 633 g/mol. The molecular weight excluding hydrogens is 576 g/mol. The van der Waals surface area contributed by atoms with E-state index < -0.39 is 16.6 Å². The molecule has 42 heavy (non-hydrogen) atoms. The molecule has 0 amide bonds. The molecule has 0 saturated heterocycles. The summed E-state index contributed by atoms with van der Waals surface area (Å²) in [5, 5.41) is 0.379. The van der Waals surface area contributed by atoms with Crippen molar-refractivity contribution in [3.8, 4) is 11.5 Å². The van der Waals surface area contributed by atoms with Gasteiger partial charge in [0.15, 0.2) is 6.29 Å². The van der Waals surface area contributed by atoms with Crippen LogP contribution in [0, 0.1) is 24.2 Å². The predicted octanol–water partition coefficient (Wildman–Crippen LogP) is 10.9. The highest BCUT2D eigenvalue weighted by atomic mass is 35.5. The molecule has 0 heterocycles. The van der Waals surface area contributed by atoms with Crippen LogP contribution in [-0.2, 0) is 11.2 Å². The largest absolute Gasteiger partial charge is 0.543 e. The maximum atomic E-state index is 12.6. The zero-order valence-electron chi connectivity index (χ0n) is 29.1. The standard InChI is InChI=1S/C35H57ClO4Si2/c1-23(20-21-35(11)24(2)17-19-29(38)26(35)4)16-18-27-31(39-41(12,13)33(5,6)7)28(22-37)25(3)30(36)32(27)40-42(14,15)34(8,9)10/h16,20-22,24,26H,17-19H2,1-15H3/b21-20+,23-16+. The molecular formula is C35H57ClO4Si2. The first-order chi connectivity index (χ1) is 18.9. The second-order valence-electron chi connectivity index (χ2n) is 15.8. The van der Waals surface area contributed by atoms with Gasteiger partial charge >= 0.3 is 0 Å². The van der Waals surface area contributed by atoms with Gasteiger partial charge in [-0.2, -0.15) is 0 Å². The van der Waals surface area contributed by atoms with Crippen LogP contribution in [0.1, 0.15) is 104 Å². The van der Waals surface area contributed by atoms with Crippen LogP contribution in [-0.4, -0.2) is 28.7 Å². The zero-order chi connectivity index (χ0) is 32.6. The molecule has 1 aliphatic rings. The first-order valence-corrected chi connectivity index (χ1v) is 21.7. The summed E-state index contributed by atoms with van der Waals surface area (Å²) in [6.45, 7) is 32.5. The van der Waals surface area contributed by atoms with Gasteiger partial charge in [-0.1, -0.05) is 97.7 Å². The molecule has 0 radical (unpaired) electrons. The Morgan fingerprint density at radius 1 is 1.00 bits per heavy atom. The van der Waals surface area contributed by atoms with Crippen molar-refractivity contribution in [3.63, 3.8) is 0 Å². The summed E-state index contributed by atoms with van der Waals surface area (Å²) >= 11 is 7.04. The van der Waals surface area contributed by atoms with E-state index in [1.807, 2.05) is 6.92 Å². The number of carbonyl (C=O) groups excluding carboxylic acids is 2. The molecule has 1 aromatic carbocycles. The lowest BCUT2D eigenvalue weighted by molar-refractivity contribution is -0.129. The van der Waals surface area contributed by atoms with Crippen LogP contribution in [0.4, 0.5) is 0 Å². The first kappa shape index (κ1) is 36.6. The minimum atomic E-state index is -2.32. The second kappa shape index (κ2) is 12.8. The number of benzene rings is 1. The summed E-state index contributed by atoms with van der Waals surface area (Å²) in [4.78, 5) is 25.1. The first-order valence-electron chi connectivity index (χ1n) is 15.5. The Labute approximate surface area is 263 Å². The molecule has 236 valence electrons. The van der Waals surface area contributed by atoms with Gasteiger partial charge in [-0.05, 0) is 79.9 Å². The molecule has 1 saturated carbocycles. The zero-order valence-corrected chi connectivity index (χ0v) is 31.9. The Morgan fingerprint density at radius 2 is 1.50 bits per heavy atom. The Hall–Kier alpha value is -1.64. The van der Waals surface area contributed by atoms with Gasteiger partial charge in [0.1, 0.15) is 17.3 Å². The monoisotopic (exact) mass is 632 g/mol. The Bertz CT molecular complexity index is 1250. The van der Waals surface area contributed by atoms with E-state index in [0.717, 1.165) is 23.8 Å². The summed E-state index contributed by atoms with van der Waals surface area (Å²) in [5.74, 6) is 2.00. The summed E-state index contributed by atoms with van der Waals surface area (Å²) < 4.78 is 13.9. The number of allylic oxidation sites excluding steroid dienone is 4. The number of halogens is 1. The van der Waals surface area contributed by atoms with Crippen LogP contribution in [0.2, 0.25) is 41.3 Å². The third-order valence-electron chi connectivity index (χ3n) is 10.8. The number of hydrogen-bond acceptors (Lipinski definition) is 4. The maximum absolute atomic E-state index is 12.6. The van der Waals surface area contributed by atoms with Crippen LogP contribution in [0.25, 0.3) is 0 Å². The van der Waals surface area contributed by atoms with Gasteiger partial charge in [0.2, 0.25) is 0 Å². The van der Waals surface area contributed by atoms with Crippen molar-refractivity contribution in [1.29, 1.82) is 0 Å². The van der Waals surface area contributed by atoms with Crippen LogP contribution < -0.4 is 8.85 Å². The molecule has 3 unspecified atom stereocenters. The number of rotatable bonds is 9. The van der Waals surface area contributed by atoms with Crippen molar-refractivity contribution in [3.05, 3.63) is 45.5 Å². The number of Topliss-reactive ketones (excluding diaryl/α,β-unsaturated/α-hetero) is 1. The van der Waals surface area contributed by atoms with Gasteiger partial charge in [0, 0.05) is 17.9 Å². The van der Waals surface area contributed by atoms with E-state index in [1.54, 1.807) is 0 Å². The second-order valence-corrected chi connectivity index (χ2v) is 25.6. The summed E-state index contributed by atoms with van der Waals surface area (Å²) in [7, 11) is -4.61. The normalized spacial score (nSPS) is 23.0. The fraction of sp³-hybridized carbons (Fsp3) is 0.657. The summed E-state index contributed by atoms with van der Waals surface area (Å²) in [6.07, 6.45) is 9.50. The van der Waals surface area contributed by atoms with Crippen molar-refractivity contribution in [2.45, 2.75) is 132 Å². The topological polar surface area (TPSA) is 52.6 Å². The van der Waals surface area contributed by atoms with Gasteiger partial charge in [-0.3, -0.25) is 9.59 Å². The molecule has 1 fully saturated rings. The number of hydrogen-bond donors (Lipinski definition) is 0. The van der Waals surface area contributed by atoms with E-state index in [9.17, 15) is 9.59 Å². The van der Waals surface area contributed by atoms with Crippen LogP contribution in [0.5, 0.6) is 11.5 Å². The highest BCUT2D eigenvalue weighted by Crippen LogP contribution is 2.49. The smallest absolute Gasteiger partial charge is 0.250 e. The van der Waals surface area contributed by atoms with Crippen LogP contribution >= 0.6 is 11.6 Å². The highest BCUT2D eigenvalue weighted by molar-refractivity contribution is 6.75. The fourth-order valence-electron chi connectivity index (χ4n) is 4.83. The van der Waals surface area contributed by atoms with E-state index in [4.69, 9.17) is 20.5 Å². The molecule has 0 aromatic heterocycles. The quantitative estimate of drug-likeness (QED) is 0.154. The van der Waals surface area contributed by atoms with Crippen molar-refractivity contribution in [2.24, 2.45) is 17.3 Å². The number of aldehydes is 1. The molecule has 0 bridgehead atoms. The van der Waals surface area contributed by atoms with Crippen LogP contribution in [0.3, 0.4) is 0 Å². The van der Waals surface area contributed by atoms with Crippen molar-refractivity contribution in [2.75, 3.05) is 0 Å². The van der Waals surface area contributed by atoms with E-state index in [2.05, 4.69) is 114 Å².